The number of benzene rings is 1. The predicted octanol–water partition coefficient (Wildman–Crippen LogP) is 2.57. The van der Waals surface area contributed by atoms with Crippen molar-refractivity contribution >= 4 is 16.7 Å². The standard InChI is InChI=1S/C18H18N4O/c1-12-15-4-2-3-5-16(15)21-18(20-12)13-6-7-17(19-10-13)22-9-8-14(23)11-22/h2-7,10,14,23H,8-9,11H2,1H3/t14-/m1/s1. The Morgan fingerprint density at radius 3 is 2.74 bits per heavy atom. The molecule has 0 unspecified atom stereocenters. The van der Waals surface area contributed by atoms with Gasteiger partial charge in [0.25, 0.3) is 0 Å². The van der Waals surface area contributed by atoms with Crippen molar-refractivity contribution in [3.8, 4) is 11.4 Å². The van der Waals surface area contributed by atoms with E-state index >= 15 is 0 Å². The fourth-order valence-corrected chi connectivity index (χ4v) is 3.02. The zero-order chi connectivity index (χ0) is 15.8. The minimum Gasteiger partial charge on any atom is -0.391 e. The van der Waals surface area contributed by atoms with E-state index in [0.717, 1.165) is 40.9 Å². The smallest absolute Gasteiger partial charge is 0.161 e. The summed E-state index contributed by atoms with van der Waals surface area (Å²) in [7, 11) is 0. The van der Waals surface area contributed by atoms with Crippen molar-refractivity contribution in [3.63, 3.8) is 0 Å². The Hall–Kier alpha value is -2.53. The second-order valence-corrected chi connectivity index (χ2v) is 5.94. The van der Waals surface area contributed by atoms with Gasteiger partial charge in [0.15, 0.2) is 5.82 Å². The van der Waals surface area contributed by atoms with Crippen LogP contribution in [-0.4, -0.2) is 39.3 Å². The van der Waals surface area contributed by atoms with Crippen molar-refractivity contribution in [1.82, 2.24) is 15.0 Å². The molecule has 3 heterocycles. The summed E-state index contributed by atoms with van der Waals surface area (Å²) >= 11 is 0. The molecular formula is C18H18N4O. The highest BCUT2D eigenvalue weighted by molar-refractivity contribution is 5.82. The Bertz CT molecular complexity index is 847. The highest BCUT2D eigenvalue weighted by Gasteiger charge is 2.21. The van der Waals surface area contributed by atoms with E-state index in [0.29, 0.717) is 12.4 Å². The van der Waals surface area contributed by atoms with Gasteiger partial charge in [0.05, 0.1) is 11.6 Å². The molecule has 0 aliphatic carbocycles. The molecule has 1 atom stereocenters. The van der Waals surface area contributed by atoms with Gasteiger partial charge in [-0.1, -0.05) is 18.2 Å². The van der Waals surface area contributed by atoms with Gasteiger partial charge in [-0.2, -0.15) is 0 Å². The van der Waals surface area contributed by atoms with E-state index in [2.05, 4.69) is 19.9 Å². The van der Waals surface area contributed by atoms with Gasteiger partial charge >= 0.3 is 0 Å². The van der Waals surface area contributed by atoms with Crippen molar-refractivity contribution in [2.75, 3.05) is 18.0 Å². The second-order valence-electron chi connectivity index (χ2n) is 5.94. The van der Waals surface area contributed by atoms with Gasteiger partial charge in [0.1, 0.15) is 5.82 Å². The highest BCUT2D eigenvalue weighted by atomic mass is 16.3. The SMILES string of the molecule is Cc1nc(-c2ccc(N3CC[C@@H](O)C3)nc2)nc2ccccc12. The monoisotopic (exact) mass is 306 g/mol. The molecule has 23 heavy (non-hydrogen) atoms. The maximum Gasteiger partial charge on any atom is 0.161 e. The third kappa shape index (κ3) is 2.64. The van der Waals surface area contributed by atoms with E-state index in [9.17, 15) is 5.11 Å². The van der Waals surface area contributed by atoms with Crippen LogP contribution in [0.1, 0.15) is 12.1 Å². The molecule has 1 aliphatic rings. The predicted molar refractivity (Wildman–Crippen MR) is 90.3 cm³/mol. The lowest BCUT2D eigenvalue weighted by Crippen LogP contribution is -2.21. The molecule has 5 nitrogen and oxygen atoms in total. The van der Waals surface area contributed by atoms with Gasteiger partial charge in [-0.05, 0) is 31.5 Å². The van der Waals surface area contributed by atoms with Gasteiger partial charge in [-0.3, -0.25) is 0 Å². The van der Waals surface area contributed by atoms with Crippen LogP contribution in [0.3, 0.4) is 0 Å². The van der Waals surface area contributed by atoms with Gasteiger partial charge in [0, 0.05) is 35.9 Å². The first-order valence-electron chi connectivity index (χ1n) is 7.83. The maximum atomic E-state index is 9.64. The summed E-state index contributed by atoms with van der Waals surface area (Å²) in [5.74, 6) is 1.59. The molecule has 0 spiro atoms. The van der Waals surface area contributed by atoms with Crippen molar-refractivity contribution in [1.29, 1.82) is 0 Å². The van der Waals surface area contributed by atoms with Crippen LogP contribution in [-0.2, 0) is 0 Å². The van der Waals surface area contributed by atoms with Crippen LogP contribution in [0.5, 0.6) is 0 Å². The van der Waals surface area contributed by atoms with Crippen molar-refractivity contribution < 1.29 is 5.11 Å². The van der Waals surface area contributed by atoms with Gasteiger partial charge in [-0.25, -0.2) is 15.0 Å². The third-order valence-electron chi connectivity index (χ3n) is 4.29. The summed E-state index contributed by atoms with van der Waals surface area (Å²) in [5, 5.41) is 10.7. The molecule has 0 radical (unpaired) electrons. The lowest BCUT2D eigenvalue weighted by Gasteiger charge is -2.16. The molecule has 116 valence electrons. The second kappa shape index (κ2) is 5.59. The molecule has 1 fully saturated rings. The molecule has 2 aromatic heterocycles. The molecule has 5 heteroatoms. The van der Waals surface area contributed by atoms with Crippen molar-refractivity contribution in [3.05, 3.63) is 48.3 Å². The number of aromatic nitrogens is 3. The number of aliphatic hydroxyl groups is 1. The van der Waals surface area contributed by atoms with E-state index in [1.165, 1.54) is 0 Å². The van der Waals surface area contributed by atoms with E-state index in [-0.39, 0.29) is 6.10 Å². The van der Waals surface area contributed by atoms with Crippen LogP contribution in [0.25, 0.3) is 22.3 Å². The Morgan fingerprint density at radius 2 is 2.00 bits per heavy atom. The van der Waals surface area contributed by atoms with E-state index < -0.39 is 0 Å². The number of pyridine rings is 1. The van der Waals surface area contributed by atoms with Gasteiger partial charge < -0.3 is 10.0 Å². The molecule has 1 aliphatic heterocycles. The molecule has 4 rings (SSSR count). The number of hydrogen-bond acceptors (Lipinski definition) is 5. The zero-order valence-electron chi connectivity index (χ0n) is 13.0. The molecule has 0 bridgehead atoms. The Morgan fingerprint density at radius 1 is 1.13 bits per heavy atom. The van der Waals surface area contributed by atoms with Crippen molar-refractivity contribution in [2.45, 2.75) is 19.4 Å². The van der Waals surface area contributed by atoms with Crippen molar-refractivity contribution in [2.24, 2.45) is 0 Å². The van der Waals surface area contributed by atoms with Gasteiger partial charge in [-0.15, -0.1) is 0 Å². The van der Waals surface area contributed by atoms with Gasteiger partial charge in [0.2, 0.25) is 0 Å². The number of rotatable bonds is 2. The lowest BCUT2D eigenvalue weighted by molar-refractivity contribution is 0.198. The van der Waals surface area contributed by atoms with E-state index in [1.807, 2.05) is 49.5 Å². The molecule has 1 aromatic carbocycles. The number of para-hydroxylation sites is 1. The molecule has 3 aromatic rings. The molecular weight excluding hydrogens is 288 g/mol. The first-order chi connectivity index (χ1) is 11.2. The summed E-state index contributed by atoms with van der Waals surface area (Å²) < 4.78 is 0. The largest absolute Gasteiger partial charge is 0.391 e. The quantitative estimate of drug-likeness (QED) is 0.788. The molecule has 1 saturated heterocycles. The summed E-state index contributed by atoms with van der Waals surface area (Å²) in [6.07, 6.45) is 2.36. The van der Waals surface area contributed by atoms with E-state index in [1.54, 1.807) is 0 Å². The fraction of sp³-hybridized carbons (Fsp3) is 0.278. The number of β-amino-alcohol motifs (C(OH)–C–C–N with tert-alkyl or cyclic N) is 1. The molecule has 0 saturated carbocycles. The average Bonchev–Trinajstić information content (AvgIpc) is 3.01. The maximum absolute atomic E-state index is 9.64. The van der Waals surface area contributed by atoms with Crippen LogP contribution >= 0.6 is 0 Å². The number of nitrogens with zero attached hydrogens (tertiary/aromatic N) is 4. The lowest BCUT2D eigenvalue weighted by atomic mass is 10.2. The van der Waals surface area contributed by atoms with Crippen LogP contribution in [0.4, 0.5) is 5.82 Å². The third-order valence-corrected chi connectivity index (χ3v) is 4.29. The molecule has 1 N–H and O–H groups in total. The number of fused-ring (bicyclic) bond motifs is 1. The number of aliphatic hydroxyl groups excluding tert-OH is 1. The number of anilines is 1. The zero-order valence-corrected chi connectivity index (χ0v) is 13.0. The fourth-order valence-electron chi connectivity index (χ4n) is 3.02. The summed E-state index contributed by atoms with van der Waals surface area (Å²) in [5.41, 5.74) is 2.82. The molecule has 0 amide bonds. The minimum atomic E-state index is -0.247. The average molecular weight is 306 g/mol. The Balaban J connectivity index is 1.68. The summed E-state index contributed by atoms with van der Waals surface area (Å²) in [6.45, 7) is 3.50. The van der Waals surface area contributed by atoms with Crippen LogP contribution in [0.15, 0.2) is 42.6 Å². The number of aryl methyl sites for hydroxylation is 1. The van der Waals surface area contributed by atoms with Crippen LogP contribution in [0.2, 0.25) is 0 Å². The van der Waals surface area contributed by atoms with Crippen LogP contribution in [0, 0.1) is 6.92 Å². The first-order valence-corrected chi connectivity index (χ1v) is 7.83. The van der Waals surface area contributed by atoms with E-state index in [4.69, 9.17) is 0 Å². The topological polar surface area (TPSA) is 62.1 Å². The normalized spacial score (nSPS) is 17.8. The van der Waals surface area contributed by atoms with Crippen LogP contribution < -0.4 is 4.90 Å². The summed E-state index contributed by atoms with van der Waals surface area (Å²) in [4.78, 5) is 15.9. The number of hydrogen-bond donors (Lipinski definition) is 1. The minimum absolute atomic E-state index is 0.247. The first kappa shape index (κ1) is 14.1. The Labute approximate surface area is 134 Å². The Kier molecular flexibility index (Phi) is 3.42. The summed E-state index contributed by atoms with van der Waals surface area (Å²) in [6, 6.07) is 12.0. The highest BCUT2D eigenvalue weighted by Crippen LogP contribution is 2.23.